The lowest BCUT2D eigenvalue weighted by Gasteiger charge is -2.60. The summed E-state index contributed by atoms with van der Waals surface area (Å²) < 4.78 is 26.1. The number of para-hydroxylation sites is 1. The summed E-state index contributed by atoms with van der Waals surface area (Å²) in [6, 6.07) is 17.0. The molecule has 9 heteroatoms. The molecule has 0 unspecified atom stereocenters. The number of hydrogen-bond acceptors (Lipinski definition) is 6. The Bertz CT molecular complexity index is 1280. The van der Waals surface area contributed by atoms with Crippen LogP contribution in [0.15, 0.2) is 54.6 Å². The molecule has 1 aromatic heterocycles. The van der Waals surface area contributed by atoms with E-state index >= 15 is 0 Å². The van der Waals surface area contributed by atoms with Crippen molar-refractivity contribution >= 4 is 45.6 Å². The Morgan fingerprint density at radius 1 is 1.00 bits per heavy atom. The number of carbonyl (C=O) groups excluding carboxylic acids is 2. The van der Waals surface area contributed by atoms with Crippen LogP contribution in [-0.2, 0) is 42.8 Å². The highest BCUT2D eigenvalue weighted by atomic mass is 127. The van der Waals surface area contributed by atoms with Gasteiger partial charge in [0, 0.05) is 54.6 Å². The molecule has 3 aromatic rings. The summed E-state index contributed by atoms with van der Waals surface area (Å²) >= 11 is 2.31. The van der Waals surface area contributed by atoms with Gasteiger partial charge in [-0.05, 0) is 40.6 Å². The highest BCUT2D eigenvalue weighted by Crippen LogP contribution is 2.56. The number of aromatic nitrogens is 1. The number of carbonyl (C=O) groups is 2. The van der Waals surface area contributed by atoms with Gasteiger partial charge in [0.1, 0.15) is 12.0 Å². The molecule has 37 heavy (non-hydrogen) atoms. The number of halogens is 1. The van der Waals surface area contributed by atoms with Crippen LogP contribution in [-0.4, -0.2) is 61.2 Å². The molecule has 0 spiro atoms. The molecule has 196 valence electrons. The van der Waals surface area contributed by atoms with Crippen molar-refractivity contribution in [3.05, 3.63) is 69.4 Å². The van der Waals surface area contributed by atoms with Gasteiger partial charge in [-0.3, -0.25) is 4.79 Å². The highest BCUT2D eigenvalue weighted by molar-refractivity contribution is 14.1. The molecular weight excluding hydrogens is 587 g/mol. The molecule has 0 N–H and O–H groups in total. The minimum absolute atomic E-state index is 0.143. The fourth-order valence-electron chi connectivity index (χ4n) is 6.42. The molecule has 1 saturated carbocycles. The van der Waals surface area contributed by atoms with E-state index in [1.807, 2.05) is 61.6 Å². The van der Waals surface area contributed by atoms with Gasteiger partial charge in [-0.1, -0.05) is 48.5 Å². The first-order valence-electron chi connectivity index (χ1n) is 12.2. The van der Waals surface area contributed by atoms with E-state index in [0.717, 1.165) is 25.7 Å². The van der Waals surface area contributed by atoms with E-state index in [2.05, 4.69) is 27.2 Å². The highest BCUT2D eigenvalue weighted by Gasteiger charge is 2.68. The Labute approximate surface area is 229 Å². The number of esters is 1. The molecule has 1 aliphatic carbocycles. The summed E-state index contributed by atoms with van der Waals surface area (Å²) in [5, 5.41) is 1.05. The third kappa shape index (κ3) is 3.93. The molecule has 2 saturated heterocycles. The first-order chi connectivity index (χ1) is 17.8. The van der Waals surface area contributed by atoms with Gasteiger partial charge in [0.2, 0.25) is 0 Å². The largest absolute Gasteiger partial charge is 0.468 e. The van der Waals surface area contributed by atoms with Crippen molar-refractivity contribution in [3.63, 3.8) is 0 Å². The topological polar surface area (TPSA) is 79.2 Å². The molecule has 3 fully saturated rings. The van der Waals surface area contributed by atoms with Crippen molar-refractivity contribution in [1.29, 1.82) is 0 Å². The number of benzene rings is 2. The SMILES string of the molecule is COC(=O)[C@]1(c2c(I)c3ccccc3n2C)C[C@H]2CN(C(=O)OCc3ccccc3)[C@@H]1CC2(OC)OC. The second kappa shape index (κ2) is 9.92. The van der Waals surface area contributed by atoms with Crippen molar-refractivity contribution in [3.8, 4) is 0 Å². The first kappa shape index (κ1) is 26.0. The lowest BCUT2D eigenvalue weighted by molar-refractivity contribution is -0.293. The maximum atomic E-state index is 13.9. The van der Waals surface area contributed by atoms with Gasteiger partial charge in [0.25, 0.3) is 0 Å². The van der Waals surface area contributed by atoms with Crippen LogP contribution < -0.4 is 0 Å². The third-order valence-corrected chi connectivity index (χ3v) is 9.27. The number of aryl methyl sites for hydroxylation is 1. The Morgan fingerprint density at radius 2 is 1.68 bits per heavy atom. The Kier molecular flexibility index (Phi) is 6.97. The molecular formula is C28H31IN2O6. The molecule has 2 bridgehead atoms. The standard InChI is InChI=1S/C28H31IN2O6/c1-30-21-13-9-8-12-20(21)23(29)24(30)27(25(32)34-2)14-19-16-31(22(27)15-28(19,35-3)36-4)26(33)37-17-18-10-6-5-7-11-18/h5-13,19,22H,14-17H2,1-4H3/t19-,22+,27+/m0/s1. The summed E-state index contributed by atoms with van der Waals surface area (Å²) in [5.74, 6) is -1.59. The van der Waals surface area contributed by atoms with Crippen molar-refractivity contribution < 1.29 is 28.5 Å². The van der Waals surface area contributed by atoms with Crippen LogP contribution in [0.1, 0.15) is 24.1 Å². The number of fused-ring (bicyclic) bond motifs is 4. The fourth-order valence-corrected chi connectivity index (χ4v) is 7.72. The minimum atomic E-state index is -1.13. The average molecular weight is 618 g/mol. The van der Waals surface area contributed by atoms with Crippen molar-refractivity contribution in [2.75, 3.05) is 27.9 Å². The summed E-state index contributed by atoms with van der Waals surface area (Å²) in [4.78, 5) is 29.2. The maximum absolute atomic E-state index is 13.9. The number of methoxy groups -OCH3 is 3. The van der Waals surface area contributed by atoms with Crippen LogP contribution in [0.2, 0.25) is 0 Å². The zero-order valence-electron chi connectivity index (χ0n) is 21.4. The van der Waals surface area contributed by atoms with E-state index < -0.39 is 23.3 Å². The summed E-state index contributed by atoms with van der Waals surface area (Å²) in [6.45, 7) is 0.489. The molecule has 3 heterocycles. The second-order valence-electron chi connectivity index (χ2n) is 9.74. The van der Waals surface area contributed by atoms with E-state index in [0.29, 0.717) is 19.4 Å². The second-order valence-corrected chi connectivity index (χ2v) is 10.8. The van der Waals surface area contributed by atoms with Crippen molar-refractivity contribution in [1.82, 2.24) is 9.47 Å². The predicted octanol–water partition coefficient (Wildman–Crippen LogP) is 4.61. The summed E-state index contributed by atoms with van der Waals surface area (Å²) in [6.07, 6.45) is 0.244. The Balaban J connectivity index is 1.63. The molecule has 2 aliphatic heterocycles. The third-order valence-electron chi connectivity index (χ3n) is 8.18. The minimum Gasteiger partial charge on any atom is -0.468 e. The van der Waals surface area contributed by atoms with Crippen LogP contribution in [0.25, 0.3) is 10.9 Å². The van der Waals surface area contributed by atoms with Gasteiger partial charge in [-0.2, -0.15) is 0 Å². The van der Waals surface area contributed by atoms with Crippen LogP contribution >= 0.6 is 22.6 Å². The molecule has 3 atom stereocenters. The number of rotatable bonds is 6. The van der Waals surface area contributed by atoms with Gasteiger partial charge in [-0.15, -0.1) is 0 Å². The van der Waals surface area contributed by atoms with E-state index in [1.165, 1.54) is 7.11 Å². The lowest BCUT2D eigenvalue weighted by Crippen LogP contribution is -2.73. The first-order valence-corrected chi connectivity index (χ1v) is 13.3. The Hall–Kier alpha value is -2.63. The maximum Gasteiger partial charge on any atom is 0.410 e. The van der Waals surface area contributed by atoms with Crippen molar-refractivity contribution in [2.45, 2.75) is 36.7 Å². The van der Waals surface area contributed by atoms with E-state index in [4.69, 9.17) is 18.9 Å². The summed E-state index contributed by atoms with van der Waals surface area (Å²) in [7, 11) is 6.59. The Morgan fingerprint density at radius 3 is 2.30 bits per heavy atom. The van der Waals surface area contributed by atoms with Crippen LogP contribution in [0.3, 0.4) is 0 Å². The average Bonchev–Trinajstić information content (AvgIpc) is 3.21. The van der Waals surface area contributed by atoms with Gasteiger partial charge in [0.05, 0.1) is 18.8 Å². The molecule has 3 aliphatic rings. The number of ether oxygens (including phenoxy) is 4. The lowest BCUT2D eigenvalue weighted by atomic mass is 9.58. The van der Waals surface area contributed by atoms with E-state index in [9.17, 15) is 9.59 Å². The monoisotopic (exact) mass is 618 g/mol. The molecule has 0 radical (unpaired) electrons. The summed E-state index contributed by atoms with van der Waals surface area (Å²) in [5.41, 5.74) is 1.60. The van der Waals surface area contributed by atoms with Gasteiger partial charge >= 0.3 is 12.1 Å². The van der Waals surface area contributed by atoms with Crippen LogP contribution in [0.4, 0.5) is 4.79 Å². The predicted molar refractivity (Wildman–Crippen MR) is 146 cm³/mol. The quantitative estimate of drug-likeness (QED) is 0.228. The molecule has 8 nitrogen and oxygen atoms in total. The zero-order valence-corrected chi connectivity index (χ0v) is 23.6. The zero-order chi connectivity index (χ0) is 26.4. The van der Waals surface area contributed by atoms with Crippen LogP contribution in [0, 0.1) is 9.49 Å². The van der Waals surface area contributed by atoms with Gasteiger partial charge < -0.3 is 28.4 Å². The van der Waals surface area contributed by atoms with Gasteiger partial charge in [0.15, 0.2) is 5.79 Å². The number of nitrogens with zero attached hydrogens (tertiary/aromatic N) is 2. The van der Waals surface area contributed by atoms with E-state index in [-0.39, 0.29) is 18.5 Å². The normalized spacial score (nSPS) is 24.3. The molecule has 1 amide bonds. The molecule has 2 aromatic carbocycles. The number of piperidine rings is 2. The smallest absolute Gasteiger partial charge is 0.410 e. The fraction of sp³-hybridized carbons (Fsp3) is 0.429. The number of amides is 1. The van der Waals surface area contributed by atoms with E-state index in [1.54, 1.807) is 19.1 Å². The number of hydrogen-bond donors (Lipinski definition) is 0. The van der Waals surface area contributed by atoms with Crippen molar-refractivity contribution in [2.24, 2.45) is 13.0 Å². The molecule has 6 rings (SSSR count). The van der Waals surface area contributed by atoms with Gasteiger partial charge in [-0.25, -0.2) is 4.79 Å². The van der Waals surface area contributed by atoms with Crippen LogP contribution in [0.5, 0.6) is 0 Å².